The van der Waals surface area contributed by atoms with Crippen LogP contribution in [-0.2, 0) is 6.54 Å². The van der Waals surface area contributed by atoms with E-state index in [2.05, 4.69) is 56.7 Å². The Bertz CT molecular complexity index is 356. The summed E-state index contributed by atoms with van der Waals surface area (Å²) in [5, 5.41) is 5.84. The van der Waals surface area contributed by atoms with Gasteiger partial charge in [-0.15, -0.1) is 0 Å². The molecular formula is C14H24BrN3. The minimum atomic E-state index is 0.512. The maximum absolute atomic E-state index is 4.68. The summed E-state index contributed by atoms with van der Waals surface area (Å²) in [5.74, 6) is 0.874. The lowest BCUT2D eigenvalue weighted by molar-refractivity contribution is 0.185. The highest BCUT2D eigenvalue weighted by atomic mass is 79.9. The van der Waals surface area contributed by atoms with Crippen LogP contribution >= 0.6 is 15.9 Å². The van der Waals surface area contributed by atoms with E-state index in [1.165, 1.54) is 31.6 Å². The monoisotopic (exact) mass is 313 g/mol. The van der Waals surface area contributed by atoms with E-state index in [1.807, 2.05) is 0 Å². The number of nitrogens with zero attached hydrogens (tertiary/aromatic N) is 3. The molecule has 1 unspecified atom stereocenters. The highest BCUT2D eigenvalue weighted by Crippen LogP contribution is 2.20. The predicted octanol–water partition coefficient (Wildman–Crippen LogP) is 3.46. The Morgan fingerprint density at radius 2 is 2.17 bits per heavy atom. The molecule has 1 fully saturated rings. The summed E-state index contributed by atoms with van der Waals surface area (Å²) in [6, 6.07) is 2.68. The van der Waals surface area contributed by atoms with Gasteiger partial charge in [-0.1, -0.05) is 22.9 Å². The molecule has 4 heteroatoms. The summed E-state index contributed by atoms with van der Waals surface area (Å²) in [7, 11) is 0. The van der Waals surface area contributed by atoms with Crippen molar-refractivity contribution in [1.82, 2.24) is 14.7 Å². The third-order valence-electron chi connectivity index (χ3n) is 4.02. The maximum Gasteiger partial charge on any atom is 0.0764 e. The second-order valence-corrected chi connectivity index (χ2v) is 6.07. The van der Waals surface area contributed by atoms with Crippen molar-refractivity contribution in [3.8, 4) is 0 Å². The lowest BCUT2D eigenvalue weighted by Gasteiger charge is -2.30. The number of rotatable bonds is 5. The van der Waals surface area contributed by atoms with Gasteiger partial charge in [0.15, 0.2) is 0 Å². The number of halogens is 1. The van der Waals surface area contributed by atoms with Gasteiger partial charge in [-0.2, -0.15) is 5.10 Å². The number of likely N-dealkylation sites (tertiary alicyclic amines) is 1. The molecule has 0 bridgehead atoms. The lowest BCUT2D eigenvalue weighted by atomic mass is 9.99. The van der Waals surface area contributed by atoms with Gasteiger partial charge in [0, 0.05) is 24.1 Å². The molecular weight excluding hydrogens is 290 g/mol. The van der Waals surface area contributed by atoms with Crippen LogP contribution in [0.2, 0.25) is 0 Å². The first-order chi connectivity index (χ1) is 8.72. The van der Waals surface area contributed by atoms with Crippen LogP contribution in [0, 0.1) is 5.92 Å². The smallest absolute Gasteiger partial charge is 0.0764 e. The minimum Gasteiger partial charge on any atom is -0.297 e. The van der Waals surface area contributed by atoms with Crippen molar-refractivity contribution in [2.24, 2.45) is 5.92 Å². The summed E-state index contributed by atoms with van der Waals surface area (Å²) in [4.78, 5) is 2.53. The zero-order valence-corrected chi connectivity index (χ0v) is 13.1. The molecule has 0 aromatic carbocycles. The molecule has 0 spiro atoms. The number of hydrogen-bond donors (Lipinski definition) is 0. The number of piperidine rings is 1. The molecule has 3 nitrogen and oxygen atoms in total. The summed E-state index contributed by atoms with van der Waals surface area (Å²) >= 11 is 3.59. The van der Waals surface area contributed by atoms with E-state index in [1.54, 1.807) is 0 Å². The standard InChI is InChI=1S/C14H24BrN3/c1-3-12(2)18-9-6-14(16-18)11-17-7-4-13(10-15)5-8-17/h6,9,12-13H,3-5,7-8,10-11H2,1-2H3. The highest BCUT2D eigenvalue weighted by Gasteiger charge is 2.18. The topological polar surface area (TPSA) is 21.1 Å². The first kappa shape index (κ1) is 14.1. The van der Waals surface area contributed by atoms with E-state index in [-0.39, 0.29) is 0 Å². The molecule has 1 aliphatic rings. The van der Waals surface area contributed by atoms with Gasteiger partial charge in [-0.25, -0.2) is 0 Å². The summed E-state index contributed by atoms with van der Waals surface area (Å²) in [6.07, 6.45) is 5.89. The average molecular weight is 314 g/mol. The van der Waals surface area contributed by atoms with Crippen molar-refractivity contribution in [2.75, 3.05) is 18.4 Å². The zero-order valence-electron chi connectivity index (χ0n) is 11.5. The average Bonchev–Trinajstić information content (AvgIpc) is 2.87. The van der Waals surface area contributed by atoms with Crippen molar-refractivity contribution in [2.45, 2.75) is 45.7 Å². The van der Waals surface area contributed by atoms with Crippen molar-refractivity contribution in [3.05, 3.63) is 18.0 Å². The molecule has 0 radical (unpaired) electrons. The zero-order chi connectivity index (χ0) is 13.0. The van der Waals surface area contributed by atoms with Gasteiger partial charge in [0.2, 0.25) is 0 Å². The molecule has 0 amide bonds. The largest absolute Gasteiger partial charge is 0.297 e. The van der Waals surface area contributed by atoms with Crippen LogP contribution < -0.4 is 0 Å². The van der Waals surface area contributed by atoms with E-state index in [0.29, 0.717) is 6.04 Å². The molecule has 2 rings (SSSR count). The van der Waals surface area contributed by atoms with Crippen LogP contribution in [0.5, 0.6) is 0 Å². The fraction of sp³-hybridized carbons (Fsp3) is 0.786. The minimum absolute atomic E-state index is 0.512. The van der Waals surface area contributed by atoms with Crippen LogP contribution in [0.3, 0.4) is 0 Å². The normalized spacial score (nSPS) is 20.2. The third kappa shape index (κ3) is 3.58. The SMILES string of the molecule is CCC(C)n1ccc(CN2CCC(CBr)CC2)n1. The van der Waals surface area contributed by atoms with E-state index in [9.17, 15) is 0 Å². The number of hydrogen-bond acceptors (Lipinski definition) is 2. The Balaban J connectivity index is 1.85. The van der Waals surface area contributed by atoms with Crippen molar-refractivity contribution in [3.63, 3.8) is 0 Å². The first-order valence-electron chi connectivity index (χ1n) is 7.05. The van der Waals surface area contributed by atoms with Crippen LogP contribution in [-0.4, -0.2) is 33.1 Å². The molecule has 0 aliphatic carbocycles. The number of alkyl halides is 1. The van der Waals surface area contributed by atoms with Gasteiger partial charge in [-0.3, -0.25) is 9.58 Å². The second kappa shape index (κ2) is 6.71. The summed E-state index contributed by atoms with van der Waals surface area (Å²) in [5.41, 5.74) is 1.22. The molecule has 1 saturated heterocycles. The van der Waals surface area contributed by atoms with Gasteiger partial charge in [0.05, 0.1) is 5.69 Å². The molecule has 1 aromatic rings. The van der Waals surface area contributed by atoms with Gasteiger partial charge in [0.1, 0.15) is 0 Å². The van der Waals surface area contributed by atoms with Gasteiger partial charge < -0.3 is 0 Å². The van der Waals surface area contributed by atoms with Crippen LogP contribution in [0.1, 0.15) is 44.8 Å². The lowest BCUT2D eigenvalue weighted by Crippen LogP contribution is -2.33. The Labute approximate surface area is 119 Å². The predicted molar refractivity (Wildman–Crippen MR) is 79.0 cm³/mol. The van der Waals surface area contributed by atoms with E-state index >= 15 is 0 Å². The van der Waals surface area contributed by atoms with Crippen LogP contribution in [0.4, 0.5) is 0 Å². The molecule has 0 saturated carbocycles. The second-order valence-electron chi connectivity index (χ2n) is 5.42. The third-order valence-corrected chi connectivity index (χ3v) is 4.93. The molecule has 0 N–H and O–H groups in total. The Morgan fingerprint density at radius 1 is 1.44 bits per heavy atom. The van der Waals surface area contributed by atoms with Crippen molar-refractivity contribution in [1.29, 1.82) is 0 Å². The highest BCUT2D eigenvalue weighted by molar-refractivity contribution is 9.09. The molecule has 1 atom stereocenters. The molecule has 1 aromatic heterocycles. The van der Waals surface area contributed by atoms with Gasteiger partial charge >= 0.3 is 0 Å². The van der Waals surface area contributed by atoms with Crippen molar-refractivity contribution >= 4 is 15.9 Å². The summed E-state index contributed by atoms with van der Waals surface area (Å²) < 4.78 is 2.10. The summed E-state index contributed by atoms with van der Waals surface area (Å²) in [6.45, 7) is 7.87. The maximum atomic E-state index is 4.68. The van der Waals surface area contributed by atoms with E-state index < -0.39 is 0 Å². The first-order valence-corrected chi connectivity index (χ1v) is 8.17. The van der Waals surface area contributed by atoms with Crippen LogP contribution in [0.25, 0.3) is 0 Å². The molecule has 18 heavy (non-hydrogen) atoms. The quantitative estimate of drug-likeness (QED) is 0.776. The Kier molecular flexibility index (Phi) is 5.25. The fourth-order valence-electron chi connectivity index (χ4n) is 2.42. The Morgan fingerprint density at radius 3 is 2.78 bits per heavy atom. The van der Waals surface area contributed by atoms with Crippen molar-refractivity contribution < 1.29 is 0 Å². The number of aromatic nitrogens is 2. The van der Waals surface area contributed by atoms with E-state index in [0.717, 1.165) is 24.2 Å². The molecule has 2 heterocycles. The van der Waals surface area contributed by atoms with Gasteiger partial charge in [0.25, 0.3) is 0 Å². The molecule has 1 aliphatic heterocycles. The Hall–Kier alpha value is -0.350. The van der Waals surface area contributed by atoms with Gasteiger partial charge in [-0.05, 0) is 51.3 Å². The van der Waals surface area contributed by atoms with Crippen LogP contribution in [0.15, 0.2) is 12.3 Å². The van der Waals surface area contributed by atoms with E-state index in [4.69, 9.17) is 0 Å². The molecule has 102 valence electrons. The fourth-order valence-corrected chi connectivity index (χ4v) is 3.07.